The fourth-order valence-electron chi connectivity index (χ4n) is 1.11. The third-order valence-electron chi connectivity index (χ3n) is 1.76. The van der Waals surface area contributed by atoms with Crippen LogP contribution in [0.25, 0.3) is 0 Å². The first-order chi connectivity index (χ1) is 6.36. The van der Waals surface area contributed by atoms with E-state index in [2.05, 4.69) is 10.1 Å². The SMILES string of the molecule is O=C(Cn1cncn1)[C]1[CH][CH][CH][CH]1. The van der Waals surface area contributed by atoms with Crippen LogP contribution in [-0.2, 0) is 11.3 Å². The van der Waals surface area contributed by atoms with Crippen molar-refractivity contribution >= 4 is 5.78 Å². The zero-order chi connectivity index (χ0) is 9.10. The van der Waals surface area contributed by atoms with Gasteiger partial charge in [0.15, 0.2) is 5.78 Å². The van der Waals surface area contributed by atoms with Crippen LogP contribution in [0.15, 0.2) is 12.7 Å². The Bertz CT molecular complexity index is 275. The molecular weight excluding hydrogens is 166 g/mol. The van der Waals surface area contributed by atoms with Crippen LogP contribution in [0.2, 0.25) is 0 Å². The number of aromatic nitrogens is 3. The van der Waals surface area contributed by atoms with Crippen molar-refractivity contribution in [1.29, 1.82) is 0 Å². The number of carbonyl (C=O) groups is 1. The van der Waals surface area contributed by atoms with E-state index >= 15 is 0 Å². The Labute approximate surface area is 77.0 Å². The lowest BCUT2D eigenvalue weighted by molar-refractivity contribution is -0.117. The second kappa shape index (κ2) is 3.68. The maximum absolute atomic E-state index is 11.5. The van der Waals surface area contributed by atoms with Gasteiger partial charge in [0.2, 0.25) is 0 Å². The van der Waals surface area contributed by atoms with Gasteiger partial charge in [0.05, 0.1) is 5.92 Å². The second-order valence-electron chi connectivity index (χ2n) is 2.69. The molecule has 2 rings (SSSR count). The van der Waals surface area contributed by atoms with Gasteiger partial charge in [0.25, 0.3) is 0 Å². The highest BCUT2D eigenvalue weighted by Crippen LogP contribution is 2.23. The van der Waals surface area contributed by atoms with Gasteiger partial charge >= 0.3 is 0 Å². The number of ketones is 1. The van der Waals surface area contributed by atoms with E-state index in [1.807, 2.05) is 12.8 Å². The number of rotatable bonds is 3. The van der Waals surface area contributed by atoms with Crippen LogP contribution < -0.4 is 0 Å². The molecule has 0 unspecified atom stereocenters. The summed E-state index contributed by atoms with van der Waals surface area (Å²) in [7, 11) is 0. The first kappa shape index (κ1) is 8.41. The van der Waals surface area contributed by atoms with E-state index in [0.29, 0.717) is 0 Å². The summed E-state index contributed by atoms with van der Waals surface area (Å²) in [5.74, 6) is 0.769. The molecule has 4 heteroatoms. The Morgan fingerprint density at radius 2 is 2.15 bits per heavy atom. The molecule has 0 bridgehead atoms. The molecule has 0 aromatic carbocycles. The molecule has 1 aromatic rings. The summed E-state index contributed by atoms with van der Waals surface area (Å²) in [6, 6.07) is 0. The summed E-state index contributed by atoms with van der Waals surface area (Å²) in [4.78, 5) is 15.2. The average molecular weight is 174 g/mol. The molecule has 1 heterocycles. The fraction of sp³-hybridized carbons (Fsp3) is 0.111. The van der Waals surface area contributed by atoms with Gasteiger partial charge in [-0.15, -0.1) is 0 Å². The molecule has 13 heavy (non-hydrogen) atoms. The van der Waals surface area contributed by atoms with Crippen LogP contribution in [0.1, 0.15) is 0 Å². The molecule has 1 aromatic heterocycles. The molecule has 0 N–H and O–H groups in total. The zero-order valence-corrected chi connectivity index (χ0v) is 6.92. The van der Waals surface area contributed by atoms with Crippen LogP contribution in [-0.4, -0.2) is 20.5 Å². The molecule has 5 radical (unpaired) electrons. The molecule has 65 valence electrons. The minimum atomic E-state index is 0.0514. The standard InChI is InChI=1S/C9H8N3O/c13-9(8-3-1-2-4-8)5-12-7-10-6-11-12/h1-4,6-7H,5H2. The Hall–Kier alpha value is -1.19. The minimum Gasteiger partial charge on any atom is -0.297 e. The summed E-state index contributed by atoms with van der Waals surface area (Å²) in [5, 5.41) is 3.85. The molecule has 0 spiro atoms. The molecular formula is C9H8N3O. The molecule has 0 atom stereocenters. The first-order valence-corrected chi connectivity index (χ1v) is 3.93. The van der Waals surface area contributed by atoms with Gasteiger partial charge < -0.3 is 0 Å². The minimum absolute atomic E-state index is 0.0514. The van der Waals surface area contributed by atoms with Crippen molar-refractivity contribution < 1.29 is 4.79 Å². The predicted octanol–water partition coefficient (Wildman–Crippen LogP) is 0.252. The van der Waals surface area contributed by atoms with Gasteiger partial charge in [0, 0.05) is 0 Å². The molecule has 1 aliphatic rings. The number of hydrogen-bond acceptors (Lipinski definition) is 3. The number of nitrogens with zero attached hydrogens (tertiary/aromatic N) is 3. The lowest BCUT2D eigenvalue weighted by Crippen LogP contribution is -2.17. The smallest absolute Gasteiger partial charge is 0.162 e. The normalized spacial score (nSPS) is 17.8. The number of hydrogen-bond donors (Lipinski definition) is 0. The van der Waals surface area contributed by atoms with E-state index in [1.165, 1.54) is 17.3 Å². The van der Waals surface area contributed by atoms with Crippen molar-refractivity contribution in [3.05, 3.63) is 44.3 Å². The third-order valence-corrected chi connectivity index (χ3v) is 1.76. The highest BCUT2D eigenvalue weighted by atomic mass is 16.1. The molecule has 0 saturated heterocycles. The van der Waals surface area contributed by atoms with Gasteiger partial charge in [-0.2, -0.15) is 5.10 Å². The van der Waals surface area contributed by atoms with Gasteiger partial charge in [-0.3, -0.25) is 4.79 Å². The molecule has 1 fully saturated rings. The quantitative estimate of drug-likeness (QED) is 0.660. The Balaban J connectivity index is 1.91. The Morgan fingerprint density at radius 1 is 1.38 bits per heavy atom. The molecule has 4 nitrogen and oxygen atoms in total. The summed E-state index contributed by atoms with van der Waals surface area (Å²) in [5.41, 5.74) is 0. The zero-order valence-electron chi connectivity index (χ0n) is 6.92. The number of Topliss-reactive ketones (excluding diaryl/α,β-unsaturated/α-hetero) is 1. The van der Waals surface area contributed by atoms with Gasteiger partial charge in [-0.1, -0.05) is 0 Å². The molecule has 1 aliphatic carbocycles. The van der Waals surface area contributed by atoms with Crippen LogP contribution in [0.4, 0.5) is 0 Å². The van der Waals surface area contributed by atoms with E-state index in [1.54, 1.807) is 12.8 Å². The van der Waals surface area contributed by atoms with E-state index in [0.717, 1.165) is 5.92 Å². The fourth-order valence-corrected chi connectivity index (χ4v) is 1.11. The third kappa shape index (κ3) is 1.94. The van der Waals surface area contributed by atoms with Crippen LogP contribution in [0.3, 0.4) is 0 Å². The number of carbonyl (C=O) groups excluding carboxylic acids is 1. The summed E-state index contributed by atoms with van der Waals surface area (Å²) < 4.78 is 1.51. The second-order valence-corrected chi connectivity index (χ2v) is 2.69. The van der Waals surface area contributed by atoms with Crippen LogP contribution in [0, 0.1) is 31.6 Å². The molecule has 0 amide bonds. The predicted molar refractivity (Wildman–Crippen MR) is 45.5 cm³/mol. The Kier molecular flexibility index (Phi) is 2.38. The lowest BCUT2D eigenvalue weighted by atomic mass is 10.0. The van der Waals surface area contributed by atoms with E-state index in [9.17, 15) is 4.79 Å². The monoisotopic (exact) mass is 174 g/mol. The first-order valence-electron chi connectivity index (χ1n) is 3.93. The highest BCUT2D eigenvalue weighted by molar-refractivity contribution is 5.97. The van der Waals surface area contributed by atoms with Gasteiger partial charge in [-0.25, -0.2) is 9.67 Å². The summed E-state index contributed by atoms with van der Waals surface area (Å²) >= 11 is 0. The van der Waals surface area contributed by atoms with E-state index < -0.39 is 0 Å². The Morgan fingerprint density at radius 3 is 2.77 bits per heavy atom. The van der Waals surface area contributed by atoms with Crippen molar-refractivity contribution in [2.24, 2.45) is 0 Å². The van der Waals surface area contributed by atoms with Crippen LogP contribution >= 0.6 is 0 Å². The maximum Gasteiger partial charge on any atom is 0.162 e. The van der Waals surface area contributed by atoms with Crippen molar-refractivity contribution in [2.45, 2.75) is 6.54 Å². The van der Waals surface area contributed by atoms with Gasteiger partial charge in [0.1, 0.15) is 19.2 Å². The topological polar surface area (TPSA) is 47.8 Å². The van der Waals surface area contributed by atoms with Crippen molar-refractivity contribution in [2.75, 3.05) is 0 Å². The summed E-state index contributed by atoms with van der Waals surface area (Å²) in [6.45, 7) is 0.254. The lowest BCUT2D eigenvalue weighted by Gasteiger charge is -2.05. The summed E-state index contributed by atoms with van der Waals surface area (Å²) in [6.07, 6.45) is 10.2. The highest BCUT2D eigenvalue weighted by Gasteiger charge is 2.24. The average Bonchev–Trinajstić information content (AvgIpc) is 2.74. The van der Waals surface area contributed by atoms with Crippen molar-refractivity contribution in [3.8, 4) is 0 Å². The van der Waals surface area contributed by atoms with Crippen molar-refractivity contribution in [1.82, 2.24) is 14.8 Å². The van der Waals surface area contributed by atoms with E-state index in [-0.39, 0.29) is 12.3 Å². The molecule has 1 saturated carbocycles. The van der Waals surface area contributed by atoms with E-state index in [4.69, 9.17) is 0 Å². The van der Waals surface area contributed by atoms with Crippen LogP contribution in [0.5, 0.6) is 0 Å². The van der Waals surface area contributed by atoms with Gasteiger partial charge in [-0.05, 0) is 25.7 Å². The van der Waals surface area contributed by atoms with Crippen molar-refractivity contribution in [3.63, 3.8) is 0 Å². The maximum atomic E-state index is 11.5. The molecule has 0 aliphatic heterocycles. The largest absolute Gasteiger partial charge is 0.297 e.